The molecular weight excluding hydrogens is 413 g/mol. The van der Waals surface area contributed by atoms with Gasteiger partial charge in [-0.2, -0.15) is 23.1 Å². The lowest BCUT2D eigenvalue weighted by Gasteiger charge is -2.11. The van der Waals surface area contributed by atoms with Crippen LogP contribution in [-0.4, -0.2) is 9.97 Å². The second-order valence-corrected chi connectivity index (χ2v) is 6.85. The maximum Gasteiger partial charge on any atom is 0.433 e. The molecule has 0 unspecified atom stereocenters. The first-order valence-electron chi connectivity index (χ1n) is 8.94. The van der Waals surface area contributed by atoms with Crippen molar-refractivity contribution >= 4 is 11.6 Å². The van der Waals surface area contributed by atoms with Gasteiger partial charge in [0.25, 0.3) is 0 Å². The van der Waals surface area contributed by atoms with Crippen LogP contribution < -0.4 is 4.74 Å². The summed E-state index contributed by atoms with van der Waals surface area (Å²) in [5.74, 6) is 0.330. The SMILES string of the molecule is FC(F)(F)c1cc(-c2ccc(Cl)cc2)nc(Oc2ccc(-c3ccccc3)cc2)n1. The Balaban J connectivity index is 1.66. The zero-order valence-electron chi connectivity index (χ0n) is 15.4. The largest absolute Gasteiger partial charge is 0.433 e. The standard InChI is InChI=1S/C23H14ClF3N2O/c24-18-10-6-17(7-11-18)20-14-21(23(25,26)27)29-22(28-20)30-19-12-8-16(9-13-19)15-4-2-1-3-5-15/h1-14H. The predicted molar refractivity (Wildman–Crippen MR) is 109 cm³/mol. The van der Waals surface area contributed by atoms with Gasteiger partial charge in [0.1, 0.15) is 5.75 Å². The number of alkyl halides is 3. The van der Waals surface area contributed by atoms with Gasteiger partial charge < -0.3 is 4.74 Å². The van der Waals surface area contributed by atoms with Crippen LogP contribution in [0.1, 0.15) is 5.69 Å². The molecule has 3 aromatic carbocycles. The molecule has 1 aromatic heterocycles. The average Bonchev–Trinajstić information content (AvgIpc) is 2.75. The van der Waals surface area contributed by atoms with E-state index < -0.39 is 11.9 Å². The van der Waals surface area contributed by atoms with Crippen LogP contribution in [0.2, 0.25) is 5.02 Å². The summed E-state index contributed by atoms with van der Waals surface area (Å²) in [4.78, 5) is 7.69. The van der Waals surface area contributed by atoms with Crippen molar-refractivity contribution in [1.29, 1.82) is 0 Å². The quantitative estimate of drug-likeness (QED) is 0.344. The molecule has 3 nitrogen and oxygen atoms in total. The first-order chi connectivity index (χ1) is 14.4. The number of benzene rings is 3. The number of rotatable bonds is 4. The molecule has 4 aromatic rings. The van der Waals surface area contributed by atoms with Crippen LogP contribution in [0, 0.1) is 0 Å². The lowest BCUT2D eigenvalue weighted by molar-refractivity contribution is -0.141. The van der Waals surface area contributed by atoms with E-state index in [9.17, 15) is 13.2 Å². The fraction of sp³-hybridized carbons (Fsp3) is 0.0435. The molecule has 0 saturated heterocycles. The minimum atomic E-state index is -4.64. The molecule has 4 rings (SSSR count). The molecule has 0 radical (unpaired) electrons. The summed E-state index contributed by atoms with van der Waals surface area (Å²) in [6.07, 6.45) is -4.64. The van der Waals surface area contributed by atoms with Crippen LogP contribution in [0.4, 0.5) is 13.2 Å². The summed E-state index contributed by atoms with van der Waals surface area (Å²) in [5.41, 5.74) is 1.44. The Morgan fingerprint density at radius 2 is 1.30 bits per heavy atom. The van der Waals surface area contributed by atoms with Crippen molar-refractivity contribution < 1.29 is 17.9 Å². The van der Waals surface area contributed by atoms with E-state index >= 15 is 0 Å². The first-order valence-corrected chi connectivity index (χ1v) is 9.32. The van der Waals surface area contributed by atoms with Crippen molar-refractivity contribution in [1.82, 2.24) is 9.97 Å². The minimum absolute atomic E-state index is 0.0879. The second kappa shape index (κ2) is 8.16. The lowest BCUT2D eigenvalue weighted by atomic mass is 10.1. The molecule has 0 amide bonds. The third-order valence-corrected chi connectivity index (χ3v) is 4.56. The monoisotopic (exact) mass is 426 g/mol. The number of aromatic nitrogens is 2. The molecule has 0 N–H and O–H groups in total. The van der Waals surface area contributed by atoms with Gasteiger partial charge in [0, 0.05) is 10.6 Å². The van der Waals surface area contributed by atoms with Crippen molar-refractivity contribution in [2.24, 2.45) is 0 Å². The summed E-state index contributed by atoms with van der Waals surface area (Å²) in [5, 5.41) is 0.471. The smallest absolute Gasteiger partial charge is 0.424 e. The van der Waals surface area contributed by atoms with E-state index in [0.29, 0.717) is 16.3 Å². The highest BCUT2D eigenvalue weighted by Crippen LogP contribution is 2.33. The molecular formula is C23H14ClF3N2O. The van der Waals surface area contributed by atoms with Crippen LogP contribution in [0.3, 0.4) is 0 Å². The summed E-state index contributed by atoms with van der Waals surface area (Å²) in [6, 6.07) is 23.5. The van der Waals surface area contributed by atoms with Crippen molar-refractivity contribution in [2.45, 2.75) is 6.18 Å². The maximum absolute atomic E-state index is 13.3. The van der Waals surface area contributed by atoms with Gasteiger partial charge in [0.15, 0.2) is 5.69 Å². The molecule has 0 saturated carbocycles. The number of ether oxygens (including phenoxy) is 1. The molecule has 150 valence electrons. The molecule has 0 aliphatic heterocycles. The van der Waals surface area contributed by atoms with E-state index in [1.807, 2.05) is 42.5 Å². The Morgan fingerprint density at radius 3 is 1.93 bits per heavy atom. The number of hydrogen-bond donors (Lipinski definition) is 0. The third kappa shape index (κ3) is 4.60. The number of nitrogens with zero attached hydrogens (tertiary/aromatic N) is 2. The zero-order chi connectivity index (χ0) is 21.1. The molecule has 0 fully saturated rings. The van der Waals surface area contributed by atoms with Crippen LogP contribution >= 0.6 is 11.6 Å². The van der Waals surface area contributed by atoms with Crippen molar-refractivity contribution in [2.75, 3.05) is 0 Å². The molecule has 0 spiro atoms. The highest BCUT2D eigenvalue weighted by molar-refractivity contribution is 6.30. The normalized spacial score (nSPS) is 11.3. The van der Waals surface area contributed by atoms with Gasteiger partial charge in [-0.1, -0.05) is 66.2 Å². The average molecular weight is 427 g/mol. The minimum Gasteiger partial charge on any atom is -0.424 e. The predicted octanol–water partition coefficient (Wildman–Crippen LogP) is 7.28. The Bertz CT molecular complexity index is 1150. The highest BCUT2D eigenvalue weighted by atomic mass is 35.5. The first kappa shape index (κ1) is 19.9. The zero-order valence-corrected chi connectivity index (χ0v) is 16.2. The van der Waals surface area contributed by atoms with Crippen molar-refractivity contribution in [3.05, 3.63) is 95.6 Å². The maximum atomic E-state index is 13.3. The Kier molecular flexibility index (Phi) is 5.42. The van der Waals surface area contributed by atoms with Gasteiger partial charge in [-0.05, 0) is 41.5 Å². The lowest BCUT2D eigenvalue weighted by Crippen LogP contribution is -2.10. The Labute approximate surface area is 175 Å². The fourth-order valence-corrected chi connectivity index (χ4v) is 2.96. The Hall–Kier alpha value is -3.38. The summed E-state index contributed by atoms with van der Waals surface area (Å²) >= 11 is 5.86. The van der Waals surface area contributed by atoms with Gasteiger partial charge in [-0.3, -0.25) is 0 Å². The molecule has 7 heteroatoms. The fourth-order valence-electron chi connectivity index (χ4n) is 2.84. The highest BCUT2D eigenvalue weighted by Gasteiger charge is 2.34. The summed E-state index contributed by atoms with van der Waals surface area (Å²) < 4.78 is 45.6. The topological polar surface area (TPSA) is 35.0 Å². The van der Waals surface area contributed by atoms with Gasteiger partial charge in [-0.25, -0.2) is 0 Å². The van der Waals surface area contributed by atoms with E-state index in [-0.39, 0.29) is 11.7 Å². The van der Waals surface area contributed by atoms with Crippen molar-refractivity contribution in [3.8, 4) is 34.1 Å². The Morgan fingerprint density at radius 1 is 0.700 bits per heavy atom. The molecule has 0 bridgehead atoms. The van der Waals surface area contributed by atoms with E-state index in [0.717, 1.165) is 17.2 Å². The van der Waals surface area contributed by atoms with Crippen LogP contribution in [0.5, 0.6) is 11.8 Å². The van der Waals surface area contributed by atoms with Crippen molar-refractivity contribution in [3.63, 3.8) is 0 Å². The molecule has 30 heavy (non-hydrogen) atoms. The molecule has 0 atom stereocenters. The summed E-state index contributed by atoms with van der Waals surface area (Å²) in [6.45, 7) is 0. The number of halogens is 4. The van der Waals surface area contributed by atoms with Crippen LogP contribution in [0.25, 0.3) is 22.4 Å². The summed E-state index contributed by atoms with van der Waals surface area (Å²) in [7, 11) is 0. The van der Waals surface area contributed by atoms with E-state index in [1.165, 1.54) is 0 Å². The molecule has 0 aliphatic rings. The van der Waals surface area contributed by atoms with E-state index in [2.05, 4.69) is 9.97 Å². The van der Waals surface area contributed by atoms with Gasteiger partial charge in [0.2, 0.25) is 0 Å². The van der Waals surface area contributed by atoms with Gasteiger partial charge >= 0.3 is 12.2 Å². The molecule has 0 aliphatic carbocycles. The van der Waals surface area contributed by atoms with Gasteiger partial charge in [-0.15, -0.1) is 0 Å². The van der Waals surface area contributed by atoms with E-state index in [4.69, 9.17) is 16.3 Å². The second-order valence-electron chi connectivity index (χ2n) is 6.42. The van der Waals surface area contributed by atoms with E-state index in [1.54, 1.807) is 36.4 Å². The van der Waals surface area contributed by atoms with Gasteiger partial charge in [0.05, 0.1) is 5.69 Å². The molecule has 1 heterocycles. The van der Waals surface area contributed by atoms with Crippen LogP contribution in [0.15, 0.2) is 84.9 Å². The number of hydrogen-bond acceptors (Lipinski definition) is 3. The van der Waals surface area contributed by atoms with Crippen LogP contribution in [-0.2, 0) is 6.18 Å². The third-order valence-electron chi connectivity index (χ3n) is 4.31.